The van der Waals surface area contributed by atoms with Gasteiger partial charge in [0.25, 0.3) is 0 Å². The second kappa shape index (κ2) is 5.38. The average Bonchev–Trinajstić information content (AvgIpc) is 2.50. The Labute approximate surface area is 113 Å². The number of carbonyl (C=O) groups excluding carboxylic acids is 1. The van der Waals surface area contributed by atoms with Crippen molar-refractivity contribution in [3.8, 4) is 0 Å². The Morgan fingerprint density at radius 2 is 2.12 bits per heavy atom. The normalized spacial score (nSPS) is 27.9. The second-order valence-corrected chi connectivity index (χ2v) is 5.16. The third-order valence-corrected chi connectivity index (χ3v) is 4.02. The van der Waals surface area contributed by atoms with Crippen LogP contribution >= 0.6 is 24.0 Å². The van der Waals surface area contributed by atoms with E-state index in [-0.39, 0.29) is 24.2 Å². The molecule has 1 aromatic rings. The van der Waals surface area contributed by atoms with Crippen molar-refractivity contribution in [2.45, 2.75) is 32.2 Å². The van der Waals surface area contributed by atoms with Gasteiger partial charge in [-0.25, -0.2) is 0 Å². The molecule has 0 aliphatic heterocycles. The van der Waals surface area contributed by atoms with Gasteiger partial charge in [-0.1, -0.05) is 36.7 Å². The number of Topliss-reactive ketones (excluding diaryl/α,β-unsaturated/α-hetero) is 1. The molecule has 0 aromatic heterocycles. The molecule has 2 N–H and O–H groups in total. The molecule has 1 aliphatic carbocycles. The molecule has 0 radical (unpaired) electrons. The summed E-state index contributed by atoms with van der Waals surface area (Å²) in [4.78, 5) is 11.9. The van der Waals surface area contributed by atoms with Crippen LogP contribution in [0.2, 0.25) is 5.02 Å². The van der Waals surface area contributed by atoms with Crippen molar-refractivity contribution in [3.05, 3.63) is 34.9 Å². The van der Waals surface area contributed by atoms with Crippen LogP contribution in [-0.4, -0.2) is 11.8 Å². The molecule has 1 aromatic carbocycles. The Kier molecular flexibility index (Phi) is 4.59. The molecule has 0 unspecified atom stereocenters. The topological polar surface area (TPSA) is 43.1 Å². The fraction of sp³-hybridized carbons (Fsp3) is 0.462. The molecule has 1 aliphatic rings. The molecule has 0 spiro atoms. The SMILES string of the molecule is C[C@]1(Cc2ccccc2Cl)C(=O)CC[C@H]1N.Cl. The monoisotopic (exact) mass is 273 g/mol. The third kappa shape index (κ3) is 2.65. The fourth-order valence-corrected chi connectivity index (χ4v) is 2.57. The first-order valence-corrected chi connectivity index (χ1v) is 5.94. The Balaban J connectivity index is 0.00000144. The van der Waals surface area contributed by atoms with E-state index in [4.69, 9.17) is 17.3 Å². The highest BCUT2D eigenvalue weighted by Gasteiger charge is 2.44. The van der Waals surface area contributed by atoms with Crippen LogP contribution in [0.1, 0.15) is 25.3 Å². The van der Waals surface area contributed by atoms with Crippen LogP contribution in [-0.2, 0) is 11.2 Å². The van der Waals surface area contributed by atoms with Gasteiger partial charge in [-0.3, -0.25) is 4.79 Å². The van der Waals surface area contributed by atoms with Crippen molar-refractivity contribution in [2.24, 2.45) is 11.1 Å². The maximum absolute atomic E-state index is 11.9. The molecule has 2 rings (SSSR count). The lowest BCUT2D eigenvalue weighted by atomic mass is 9.78. The zero-order chi connectivity index (χ0) is 11.8. The van der Waals surface area contributed by atoms with Gasteiger partial charge in [0.05, 0.1) is 0 Å². The summed E-state index contributed by atoms with van der Waals surface area (Å²) >= 11 is 6.11. The molecular weight excluding hydrogens is 257 g/mol. The second-order valence-electron chi connectivity index (χ2n) is 4.75. The lowest BCUT2D eigenvalue weighted by Gasteiger charge is -2.27. The molecule has 0 bridgehead atoms. The largest absolute Gasteiger partial charge is 0.327 e. The van der Waals surface area contributed by atoms with Gasteiger partial charge in [0, 0.05) is 22.9 Å². The molecule has 0 amide bonds. The van der Waals surface area contributed by atoms with Gasteiger partial charge < -0.3 is 5.73 Å². The highest BCUT2D eigenvalue weighted by atomic mass is 35.5. The number of nitrogens with two attached hydrogens (primary N) is 1. The van der Waals surface area contributed by atoms with Crippen molar-refractivity contribution >= 4 is 29.8 Å². The van der Waals surface area contributed by atoms with E-state index in [0.717, 1.165) is 17.0 Å². The molecule has 4 heteroatoms. The van der Waals surface area contributed by atoms with E-state index >= 15 is 0 Å². The van der Waals surface area contributed by atoms with Crippen LogP contribution in [0.15, 0.2) is 24.3 Å². The first kappa shape index (κ1) is 14.5. The number of carbonyl (C=O) groups is 1. The Morgan fingerprint density at radius 1 is 1.47 bits per heavy atom. The van der Waals surface area contributed by atoms with Crippen molar-refractivity contribution in [1.29, 1.82) is 0 Å². The standard InChI is InChI=1S/C13H16ClNO.ClH/c1-13(11(15)6-7-12(13)16)8-9-4-2-3-5-10(9)14;/h2-5,11H,6-8,15H2,1H3;1H/t11-,13-;/m1./s1. The first-order valence-electron chi connectivity index (χ1n) is 5.56. The molecule has 1 fully saturated rings. The van der Waals surface area contributed by atoms with Crippen molar-refractivity contribution in [3.63, 3.8) is 0 Å². The first-order chi connectivity index (χ1) is 7.54. The molecule has 17 heavy (non-hydrogen) atoms. The molecule has 94 valence electrons. The molecule has 0 heterocycles. The highest BCUT2D eigenvalue weighted by molar-refractivity contribution is 6.31. The van der Waals surface area contributed by atoms with Gasteiger partial charge in [0.1, 0.15) is 5.78 Å². The number of hydrogen-bond donors (Lipinski definition) is 1. The zero-order valence-corrected chi connectivity index (χ0v) is 11.4. The fourth-order valence-electron chi connectivity index (χ4n) is 2.36. The summed E-state index contributed by atoms with van der Waals surface area (Å²) in [6, 6.07) is 7.60. The summed E-state index contributed by atoms with van der Waals surface area (Å²) in [5.41, 5.74) is 6.61. The van der Waals surface area contributed by atoms with E-state index in [1.54, 1.807) is 0 Å². The van der Waals surface area contributed by atoms with Crippen LogP contribution in [0.25, 0.3) is 0 Å². The van der Waals surface area contributed by atoms with Crippen LogP contribution in [0, 0.1) is 5.41 Å². The quantitative estimate of drug-likeness (QED) is 0.900. The summed E-state index contributed by atoms with van der Waals surface area (Å²) in [5, 5.41) is 0.718. The zero-order valence-electron chi connectivity index (χ0n) is 9.78. The van der Waals surface area contributed by atoms with E-state index in [1.165, 1.54) is 0 Å². The number of hydrogen-bond acceptors (Lipinski definition) is 2. The Morgan fingerprint density at radius 3 is 2.65 bits per heavy atom. The predicted molar refractivity (Wildman–Crippen MR) is 72.7 cm³/mol. The molecule has 1 saturated carbocycles. The number of halogens is 2. The van der Waals surface area contributed by atoms with Crippen molar-refractivity contribution in [2.75, 3.05) is 0 Å². The Bertz CT molecular complexity index is 422. The summed E-state index contributed by atoms with van der Waals surface area (Å²) in [6.07, 6.45) is 2.04. The third-order valence-electron chi connectivity index (χ3n) is 3.65. The van der Waals surface area contributed by atoms with Crippen molar-refractivity contribution in [1.82, 2.24) is 0 Å². The molecule has 2 atom stereocenters. The van der Waals surface area contributed by atoms with E-state index < -0.39 is 5.41 Å². The molecule has 0 saturated heterocycles. The minimum Gasteiger partial charge on any atom is -0.327 e. The summed E-state index contributed by atoms with van der Waals surface area (Å²) in [7, 11) is 0. The maximum Gasteiger partial charge on any atom is 0.140 e. The summed E-state index contributed by atoms with van der Waals surface area (Å²) in [6.45, 7) is 1.95. The van der Waals surface area contributed by atoms with Crippen LogP contribution in [0.3, 0.4) is 0 Å². The minimum atomic E-state index is -0.439. The lowest BCUT2D eigenvalue weighted by Crippen LogP contribution is -2.40. The van der Waals surface area contributed by atoms with E-state index in [2.05, 4.69) is 0 Å². The van der Waals surface area contributed by atoms with Crippen LogP contribution in [0.4, 0.5) is 0 Å². The maximum atomic E-state index is 11.9. The van der Waals surface area contributed by atoms with E-state index in [0.29, 0.717) is 12.8 Å². The lowest BCUT2D eigenvalue weighted by molar-refractivity contribution is -0.125. The number of ketones is 1. The van der Waals surface area contributed by atoms with Gasteiger partial charge in [-0.2, -0.15) is 0 Å². The molecular formula is C13H17Cl2NO. The van der Waals surface area contributed by atoms with Gasteiger partial charge >= 0.3 is 0 Å². The Hall–Kier alpha value is -0.570. The summed E-state index contributed by atoms with van der Waals surface area (Å²) in [5.74, 6) is 0.264. The predicted octanol–water partition coefficient (Wildman–Crippen LogP) is 3.00. The van der Waals surface area contributed by atoms with Crippen LogP contribution in [0.5, 0.6) is 0 Å². The van der Waals surface area contributed by atoms with Crippen molar-refractivity contribution < 1.29 is 4.79 Å². The van der Waals surface area contributed by atoms with Gasteiger partial charge in [-0.15, -0.1) is 12.4 Å². The molecule has 2 nitrogen and oxygen atoms in total. The van der Waals surface area contributed by atoms with Gasteiger partial charge in [0.15, 0.2) is 0 Å². The van der Waals surface area contributed by atoms with Gasteiger partial charge in [0.2, 0.25) is 0 Å². The van der Waals surface area contributed by atoms with Crippen LogP contribution < -0.4 is 5.73 Å². The summed E-state index contributed by atoms with van der Waals surface area (Å²) < 4.78 is 0. The van der Waals surface area contributed by atoms with Gasteiger partial charge in [-0.05, 0) is 24.5 Å². The number of rotatable bonds is 2. The van der Waals surface area contributed by atoms with E-state index in [9.17, 15) is 4.79 Å². The average molecular weight is 274 g/mol. The number of benzene rings is 1. The smallest absolute Gasteiger partial charge is 0.140 e. The minimum absolute atomic E-state index is 0. The highest BCUT2D eigenvalue weighted by Crippen LogP contribution is 2.37. The van der Waals surface area contributed by atoms with E-state index in [1.807, 2.05) is 31.2 Å².